The third-order valence-electron chi connectivity index (χ3n) is 4.68. The summed E-state index contributed by atoms with van der Waals surface area (Å²) in [7, 11) is 0. The van der Waals surface area contributed by atoms with Crippen LogP contribution in [0, 0.1) is 11.8 Å². The number of halogens is 1. The van der Waals surface area contributed by atoms with Crippen molar-refractivity contribution < 1.29 is 14.3 Å². The van der Waals surface area contributed by atoms with Gasteiger partial charge in [-0.05, 0) is 36.0 Å². The van der Waals surface area contributed by atoms with Crippen LogP contribution in [-0.2, 0) is 20.7 Å². The monoisotopic (exact) mass is 381 g/mol. The third kappa shape index (κ3) is 5.65. The SMILES string of the molecule is C[C@H]1[C@H](C)CCC[C@H]1NC(=O)COC(=O)Cc1ccc(Br)cc1. The highest BCUT2D eigenvalue weighted by atomic mass is 79.9. The Bertz CT molecular complexity index is 544. The van der Waals surface area contributed by atoms with Crippen molar-refractivity contribution in [3.8, 4) is 0 Å². The van der Waals surface area contributed by atoms with Gasteiger partial charge in [-0.1, -0.05) is 54.8 Å². The molecule has 23 heavy (non-hydrogen) atoms. The molecule has 0 aliphatic heterocycles. The molecule has 1 saturated carbocycles. The van der Waals surface area contributed by atoms with E-state index >= 15 is 0 Å². The zero-order valence-corrected chi connectivity index (χ0v) is 15.3. The van der Waals surface area contributed by atoms with E-state index in [1.165, 1.54) is 6.42 Å². The van der Waals surface area contributed by atoms with E-state index < -0.39 is 0 Å². The summed E-state index contributed by atoms with van der Waals surface area (Å²) in [5.41, 5.74) is 0.869. The smallest absolute Gasteiger partial charge is 0.310 e. The Morgan fingerprint density at radius 3 is 2.61 bits per heavy atom. The molecule has 126 valence electrons. The van der Waals surface area contributed by atoms with Crippen molar-refractivity contribution in [2.45, 2.75) is 45.6 Å². The van der Waals surface area contributed by atoms with Crippen LogP contribution in [0.5, 0.6) is 0 Å². The Labute approximate surface area is 146 Å². The summed E-state index contributed by atoms with van der Waals surface area (Å²) >= 11 is 3.35. The third-order valence-corrected chi connectivity index (χ3v) is 5.21. The van der Waals surface area contributed by atoms with Gasteiger partial charge < -0.3 is 10.1 Å². The second kappa shape index (κ2) is 8.48. The highest BCUT2D eigenvalue weighted by Gasteiger charge is 2.28. The predicted molar refractivity (Wildman–Crippen MR) is 92.9 cm³/mol. The first-order valence-corrected chi connectivity index (χ1v) is 8.94. The van der Waals surface area contributed by atoms with E-state index in [0.29, 0.717) is 11.8 Å². The van der Waals surface area contributed by atoms with Crippen molar-refractivity contribution in [3.63, 3.8) is 0 Å². The van der Waals surface area contributed by atoms with E-state index in [-0.39, 0.29) is 30.9 Å². The molecule has 1 aromatic carbocycles. The van der Waals surface area contributed by atoms with Gasteiger partial charge in [-0.2, -0.15) is 0 Å². The van der Waals surface area contributed by atoms with Gasteiger partial charge in [0.15, 0.2) is 6.61 Å². The van der Waals surface area contributed by atoms with Crippen LogP contribution >= 0.6 is 15.9 Å². The number of hydrogen-bond donors (Lipinski definition) is 1. The quantitative estimate of drug-likeness (QED) is 0.794. The van der Waals surface area contributed by atoms with Crippen molar-refractivity contribution in [2.75, 3.05) is 6.61 Å². The number of carbonyl (C=O) groups excluding carboxylic acids is 2. The molecular formula is C18H24BrNO3. The Morgan fingerprint density at radius 2 is 1.91 bits per heavy atom. The van der Waals surface area contributed by atoms with E-state index in [1.807, 2.05) is 24.3 Å². The van der Waals surface area contributed by atoms with E-state index in [2.05, 4.69) is 35.1 Å². The summed E-state index contributed by atoms with van der Waals surface area (Å²) in [6.07, 6.45) is 3.54. The minimum Gasteiger partial charge on any atom is -0.455 e. The first-order chi connectivity index (χ1) is 11.0. The Morgan fingerprint density at radius 1 is 1.22 bits per heavy atom. The van der Waals surface area contributed by atoms with Crippen LogP contribution in [0.2, 0.25) is 0 Å². The van der Waals surface area contributed by atoms with Gasteiger partial charge in [-0.15, -0.1) is 0 Å². The van der Waals surface area contributed by atoms with Gasteiger partial charge in [0, 0.05) is 10.5 Å². The molecule has 0 bridgehead atoms. The number of hydrogen-bond acceptors (Lipinski definition) is 3. The van der Waals surface area contributed by atoms with Crippen LogP contribution in [0.25, 0.3) is 0 Å². The molecular weight excluding hydrogens is 358 g/mol. The van der Waals surface area contributed by atoms with Gasteiger partial charge in [0.05, 0.1) is 6.42 Å². The lowest BCUT2D eigenvalue weighted by Crippen LogP contribution is -2.45. The predicted octanol–water partition coefficient (Wildman–Crippen LogP) is 3.48. The lowest BCUT2D eigenvalue weighted by Gasteiger charge is -2.34. The second-order valence-electron chi connectivity index (χ2n) is 6.41. The molecule has 3 atom stereocenters. The van der Waals surface area contributed by atoms with Gasteiger partial charge in [-0.3, -0.25) is 9.59 Å². The maximum absolute atomic E-state index is 12.0. The van der Waals surface area contributed by atoms with Crippen LogP contribution in [-0.4, -0.2) is 24.5 Å². The summed E-state index contributed by atoms with van der Waals surface area (Å²) in [6.45, 7) is 4.20. The Balaban J connectivity index is 1.73. The fourth-order valence-electron chi connectivity index (χ4n) is 3.00. The van der Waals surface area contributed by atoms with Crippen molar-refractivity contribution in [1.82, 2.24) is 5.32 Å². The molecule has 1 aromatic rings. The fraction of sp³-hybridized carbons (Fsp3) is 0.556. The molecule has 0 saturated heterocycles. The Hall–Kier alpha value is -1.36. The van der Waals surface area contributed by atoms with E-state index in [0.717, 1.165) is 22.9 Å². The number of carbonyl (C=O) groups is 2. The fourth-order valence-corrected chi connectivity index (χ4v) is 3.26. The number of rotatable bonds is 5. The lowest BCUT2D eigenvalue weighted by atomic mass is 9.78. The van der Waals surface area contributed by atoms with Crippen molar-refractivity contribution in [1.29, 1.82) is 0 Å². The molecule has 0 aromatic heterocycles. The average molecular weight is 382 g/mol. The standard InChI is InChI=1S/C18H24BrNO3/c1-12-4-3-5-16(13(12)2)20-17(21)11-23-18(22)10-14-6-8-15(19)9-7-14/h6-9,12-13,16H,3-5,10-11H2,1-2H3,(H,20,21)/t12-,13+,16-/m1/s1. The summed E-state index contributed by atoms with van der Waals surface area (Å²) in [5, 5.41) is 3.00. The van der Waals surface area contributed by atoms with Gasteiger partial charge in [0.1, 0.15) is 0 Å². The van der Waals surface area contributed by atoms with Crippen LogP contribution in [0.3, 0.4) is 0 Å². The summed E-state index contributed by atoms with van der Waals surface area (Å²) in [4.78, 5) is 23.8. The molecule has 1 aliphatic carbocycles. The zero-order chi connectivity index (χ0) is 16.8. The van der Waals surface area contributed by atoms with Crippen LogP contribution in [0.1, 0.15) is 38.7 Å². The Kier molecular flexibility index (Phi) is 6.63. The first-order valence-electron chi connectivity index (χ1n) is 8.15. The van der Waals surface area contributed by atoms with Crippen molar-refractivity contribution in [3.05, 3.63) is 34.3 Å². The summed E-state index contributed by atoms with van der Waals surface area (Å²) in [5.74, 6) is 0.493. The molecule has 4 nitrogen and oxygen atoms in total. The summed E-state index contributed by atoms with van der Waals surface area (Å²) < 4.78 is 6.04. The number of esters is 1. The second-order valence-corrected chi connectivity index (χ2v) is 7.32. The van der Waals surface area contributed by atoms with Crippen LogP contribution in [0.15, 0.2) is 28.7 Å². The average Bonchev–Trinajstić information content (AvgIpc) is 2.52. The molecule has 1 amide bonds. The molecule has 0 unspecified atom stereocenters. The van der Waals surface area contributed by atoms with Crippen molar-refractivity contribution >= 4 is 27.8 Å². The highest BCUT2D eigenvalue weighted by molar-refractivity contribution is 9.10. The topological polar surface area (TPSA) is 55.4 Å². The van der Waals surface area contributed by atoms with E-state index in [1.54, 1.807) is 0 Å². The molecule has 1 fully saturated rings. The van der Waals surface area contributed by atoms with E-state index in [9.17, 15) is 9.59 Å². The molecule has 0 spiro atoms. The minimum atomic E-state index is -0.382. The lowest BCUT2D eigenvalue weighted by molar-refractivity contribution is -0.148. The highest BCUT2D eigenvalue weighted by Crippen LogP contribution is 2.29. The van der Waals surface area contributed by atoms with Gasteiger partial charge in [-0.25, -0.2) is 0 Å². The van der Waals surface area contributed by atoms with Crippen LogP contribution in [0.4, 0.5) is 0 Å². The summed E-state index contributed by atoms with van der Waals surface area (Å²) in [6, 6.07) is 7.66. The number of ether oxygens (including phenoxy) is 1. The van der Waals surface area contributed by atoms with Gasteiger partial charge in [0.25, 0.3) is 5.91 Å². The molecule has 1 aliphatic rings. The number of benzene rings is 1. The molecule has 5 heteroatoms. The normalized spacial score (nSPS) is 24.0. The van der Waals surface area contributed by atoms with Crippen molar-refractivity contribution in [2.24, 2.45) is 11.8 Å². The molecule has 0 heterocycles. The van der Waals surface area contributed by atoms with Gasteiger partial charge >= 0.3 is 5.97 Å². The minimum absolute atomic E-state index is 0.178. The molecule has 1 N–H and O–H groups in total. The zero-order valence-electron chi connectivity index (χ0n) is 13.7. The first kappa shape index (κ1) is 18.0. The van der Waals surface area contributed by atoms with Crippen LogP contribution < -0.4 is 5.32 Å². The maximum atomic E-state index is 12.0. The maximum Gasteiger partial charge on any atom is 0.310 e. The van der Waals surface area contributed by atoms with E-state index in [4.69, 9.17) is 4.74 Å². The largest absolute Gasteiger partial charge is 0.455 e. The number of amides is 1. The molecule has 0 radical (unpaired) electrons. The van der Waals surface area contributed by atoms with Gasteiger partial charge in [0.2, 0.25) is 0 Å². The number of nitrogens with one attached hydrogen (secondary N) is 1. The molecule has 2 rings (SSSR count).